The molecule has 0 aromatic heterocycles. The average molecular weight is 268 g/mol. The molecule has 0 amide bonds. The van der Waals surface area contributed by atoms with Crippen LogP contribution in [0.5, 0.6) is 0 Å². The molecule has 0 fully saturated rings. The Labute approximate surface area is 109 Å². The topological polar surface area (TPSA) is 66.9 Å². The Hall–Kier alpha value is -1.41. The zero-order valence-electron chi connectivity index (χ0n) is 10.6. The summed E-state index contributed by atoms with van der Waals surface area (Å²) in [6.07, 6.45) is 1.27. The fraction of sp³-hybridized carbons (Fsp3) is 0.462. The Bertz CT molecular complexity index is 494. The Morgan fingerprint density at radius 3 is 2.72 bits per heavy atom. The number of halogens is 1. The molecule has 0 spiro atoms. The molecule has 98 valence electrons. The molecule has 1 unspecified atom stereocenters. The molecule has 0 aliphatic carbocycles. The SMILES string of the molecule is CC(C)(C#N)CCCS(=O)c1ccc(N)cc1F. The second-order valence-corrected chi connectivity index (χ2v) is 6.38. The summed E-state index contributed by atoms with van der Waals surface area (Å²) >= 11 is 0. The van der Waals surface area contributed by atoms with E-state index >= 15 is 0 Å². The highest BCUT2D eigenvalue weighted by Crippen LogP contribution is 2.22. The van der Waals surface area contributed by atoms with Crippen LogP contribution in [0.1, 0.15) is 26.7 Å². The third kappa shape index (κ3) is 4.11. The van der Waals surface area contributed by atoms with E-state index in [9.17, 15) is 8.60 Å². The minimum atomic E-state index is -1.38. The highest BCUT2D eigenvalue weighted by molar-refractivity contribution is 7.85. The monoisotopic (exact) mass is 268 g/mol. The van der Waals surface area contributed by atoms with Gasteiger partial charge in [0.25, 0.3) is 0 Å². The summed E-state index contributed by atoms with van der Waals surface area (Å²) in [5, 5.41) is 8.85. The fourth-order valence-corrected chi connectivity index (χ4v) is 2.64. The van der Waals surface area contributed by atoms with E-state index in [0.717, 1.165) is 0 Å². The van der Waals surface area contributed by atoms with Crippen LogP contribution in [0, 0.1) is 22.6 Å². The maximum absolute atomic E-state index is 13.5. The van der Waals surface area contributed by atoms with Crippen molar-refractivity contribution in [2.24, 2.45) is 5.41 Å². The lowest BCUT2D eigenvalue weighted by Crippen LogP contribution is -2.10. The van der Waals surface area contributed by atoms with Gasteiger partial charge in [0.2, 0.25) is 0 Å². The lowest BCUT2D eigenvalue weighted by atomic mass is 9.90. The van der Waals surface area contributed by atoms with Crippen LogP contribution in [0.3, 0.4) is 0 Å². The number of hydrogen-bond donors (Lipinski definition) is 1. The molecule has 3 nitrogen and oxygen atoms in total. The third-order valence-electron chi connectivity index (χ3n) is 2.64. The zero-order chi connectivity index (χ0) is 13.8. The predicted molar refractivity (Wildman–Crippen MR) is 70.7 cm³/mol. The molecule has 1 rings (SSSR count). The molecule has 2 N–H and O–H groups in total. The fourth-order valence-electron chi connectivity index (χ4n) is 1.51. The van der Waals surface area contributed by atoms with Gasteiger partial charge in [-0.1, -0.05) is 0 Å². The van der Waals surface area contributed by atoms with Crippen molar-refractivity contribution in [1.82, 2.24) is 0 Å². The molecule has 0 saturated carbocycles. The molecule has 0 radical (unpaired) electrons. The highest BCUT2D eigenvalue weighted by atomic mass is 32.2. The number of nitrogens with two attached hydrogens (primary N) is 1. The van der Waals surface area contributed by atoms with Crippen LogP contribution in [0.4, 0.5) is 10.1 Å². The van der Waals surface area contributed by atoms with Crippen LogP contribution in [0.25, 0.3) is 0 Å². The zero-order valence-corrected chi connectivity index (χ0v) is 11.4. The van der Waals surface area contributed by atoms with Gasteiger partial charge >= 0.3 is 0 Å². The normalized spacial score (nSPS) is 13.0. The van der Waals surface area contributed by atoms with Crippen molar-refractivity contribution in [3.8, 4) is 6.07 Å². The molecule has 0 aliphatic heterocycles. The average Bonchev–Trinajstić information content (AvgIpc) is 2.28. The van der Waals surface area contributed by atoms with Gasteiger partial charge in [0.05, 0.1) is 27.2 Å². The second kappa shape index (κ2) is 5.96. The van der Waals surface area contributed by atoms with Crippen LogP contribution >= 0.6 is 0 Å². The standard InChI is InChI=1S/C13H17FN2OS/c1-13(2,9-15)6-3-7-18(17)12-5-4-10(16)8-11(12)14/h4-5,8H,3,6-7,16H2,1-2H3. The van der Waals surface area contributed by atoms with Gasteiger partial charge in [-0.05, 0) is 44.9 Å². The number of hydrogen-bond acceptors (Lipinski definition) is 3. The number of benzene rings is 1. The number of anilines is 1. The van der Waals surface area contributed by atoms with E-state index in [1.807, 2.05) is 13.8 Å². The van der Waals surface area contributed by atoms with Crippen molar-refractivity contribution in [3.63, 3.8) is 0 Å². The Morgan fingerprint density at radius 2 is 2.17 bits per heavy atom. The summed E-state index contributed by atoms with van der Waals surface area (Å²) in [4.78, 5) is 0.180. The van der Waals surface area contributed by atoms with E-state index in [4.69, 9.17) is 11.0 Å². The maximum atomic E-state index is 13.5. The van der Waals surface area contributed by atoms with E-state index in [0.29, 0.717) is 24.3 Å². The van der Waals surface area contributed by atoms with Crippen molar-refractivity contribution < 1.29 is 8.60 Å². The van der Waals surface area contributed by atoms with Crippen LogP contribution in [-0.2, 0) is 10.8 Å². The minimum Gasteiger partial charge on any atom is -0.399 e. The van der Waals surface area contributed by atoms with Gasteiger partial charge in [0.15, 0.2) is 0 Å². The van der Waals surface area contributed by atoms with E-state index in [2.05, 4.69) is 6.07 Å². The van der Waals surface area contributed by atoms with E-state index in [1.54, 1.807) is 0 Å². The number of nitriles is 1. The smallest absolute Gasteiger partial charge is 0.141 e. The van der Waals surface area contributed by atoms with Gasteiger partial charge in [0.1, 0.15) is 5.82 Å². The molecular formula is C13H17FN2OS. The quantitative estimate of drug-likeness (QED) is 0.835. The van der Waals surface area contributed by atoms with Crippen LogP contribution in [-0.4, -0.2) is 9.96 Å². The van der Waals surface area contributed by atoms with Gasteiger partial charge in [-0.3, -0.25) is 4.21 Å². The molecule has 5 heteroatoms. The lowest BCUT2D eigenvalue weighted by Gasteiger charge is -2.14. The summed E-state index contributed by atoms with van der Waals surface area (Å²) < 4.78 is 25.4. The Balaban J connectivity index is 2.59. The molecule has 0 heterocycles. The van der Waals surface area contributed by atoms with Crippen LogP contribution < -0.4 is 5.73 Å². The summed E-state index contributed by atoms with van der Waals surface area (Å²) in [5.41, 5.74) is 5.32. The summed E-state index contributed by atoms with van der Waals surface area (Å²) in [5.74, 6) is -0.181. The van der Waals surface area contributed by atoms with Crippen LogP contribution in [0.2, 0.25) is 0 Å². The number of nitrogens with zero attached hydrogens (tertiary/aromatic N) is 1. The molecule has 18 heavy (non-hydrogen) atoms. The van der Waals surface area contributed by atoms with Crippen molar-refractivity contribution in [2.45, 2.75) is 31.6 Å². The first-order valence-electron chi connectivity index (χ1n) is 5.70. The number of rotatable bonds is 5. The van der Waals surface area contributed by atoms with E-state index in [-0.39, 0.29) is 4.90 Å². The number of nitrogen functional groups attached to an aromatic ring is 1. The first-order chi connectivity index (χ1) is 8.35. The van der Waals surface area contributed by atoms with E-state index in [1.165, 1.54) is 18.2 Å². The molecule has 1 atom stereocenters. The molecule has 0 bridgehead atoms. The highest BCUT2D eigenvalue weighted by Gasteiger charge is 2.17. The van der Waals surface area contributed by atoms with Gasteiger partial charge in [-0.2, -0.15) is 5.26 Å². The van der Waals surface area contributed by atoms with E-state index < -0.39 is 22.0 Å². The molecule has 1 aromatic rings. The predicted octanol–water partition coefficient (Wildman–Crippen LogP) is 2.85. The summed E-state index contributed by atoms with van der Waals surface area (Å²) in [7, 11) is -1.38. The lowest BCUT2D eigenvalue weighted by molar-refractivity contribution is 0.446. The minimum absolute atomic E-state index is 0.180. The second-order valence-electron chi connectivity index (χ2n) is 4.84. The summed E-state index contributed by atoms with van der Waals surface area (Å²) in [6, 6.07) is 6.35. The molecular weight excluding hydrogens is 251 g/mol. The van der Waals surface area contributed by atoms with Crippen LogP contribution in [0.15, 0.2) is 23.1 Å². The van der Waals surface area contributed by atoms with Gasteiger partial charge in [0, 0.05) is 11.4 Å². The Kier molecular flexibility index (Phi) is 4.85. The van der Waals surface area contributed by atoms with Crippen molar-refractivity contribution in [1.29, 1.82) is 5.26 Å². The van der Waals surface area contributed by atoms with Crippen molar-refractivity contribution in [3.05, 3.63) is 24.0 Å². The largest absolute Gasteiger partial charge is 0.399 e. The first kappa shape index (κ1) is 14.7. The molecule has 0 aliphatic rings. The molecule has 0 saturated heterocycles. The molecule has 1 aromatic carbocycles. The van der Waals surface area contributed by atoms with Gasteiger partial charge < -0.3 is 5.73 Å². The maximum Gasteiger partial charge on any atom is 0.141 e. The third-order valence-corrected chi connectivity index (χ3v) is 4.12. The summed E-state index contributed by atoms with van der Waals surface area (Å²) in [6.45, 7) is 3.67. The van der Waals surface area contributed by atoms with Gasteiger partial charge in [-0.25, -0.2) is 4.39 Å². The van der Waals surface area contributed by atoms with Gasteiger partial charge in [-0.15, -0.1) is 0 Å². The van der Waals surface area contributed by atoms with Crippen molar-refractivity contribution >= 4 is 16.5 Å². The first-order valence-corrected chi connectivity index (χ1v) is 7.02. The van der Waals surface area contributed by atoms with Crippen molar-refractivity contribution in [2.75, 3.05) is 11.5 Å². The Morgan fingerprint density at radius 1 is 1.50 bits per heavy atom.